The van der Waals surface area contributed by atoms with E-state index in [1.165, 1.54) is 31.4 Å². The predicted octanol–water partition coefficient (Wildman–Crippen LogP) is 4.42. The summed E-state index contributed by atoms with van der Waals surface area (Å²) in [5.74, 6) is -0.477. The van der Waals surface area contributed by atoms with Crippen LogP contribution in [0.1, 0.15) is 0 Å². The zero-order chi connectivity index (χ0) is 13.1. The van der Waals surface area contributed by atoms with E-state index in [4.69, 9.17) is 21.1 Å². The summed E-state index contributed by atoms with van der Waals surface area (Å²) < 4.78 is 36.7. The molecule has 0 aromatic heterocycles. The molecule has 0 fully saturated rings. The Labute approximate surface area is 108 Å². The van der Waals surface area contributed by atoms with Crippen molar-refractivity contribution in [3.63, 3.8) is 0 Å². The average Bonchev–Trinajstić information content (AvgIpc) is 2.36. The van der Waals surface area contributed by atoms with Gasteiger partial charge in [-0.1, -0.05) is 11.6 Å². The molecule has 18 heavy (non-hydrogen) atoms. The maximum absolute atomic E-state index is 13.6. The van der Waals surface area contributed by atoms with Crippen molar-refractivity contribution in [2.75, 3.05) is 7.11 Å². The maximum atomic E-state index is 13.6. The van der Waals surface area contributed by atoms with Gasteiger partial charge in [0.2, 0.25) is 0 Å². The third-order valence-electron chi connectivity index (χ3n) is 2.26. The van der Waals surface area contributed by atoms with Gasteiger partial charge in [0.15, 0.2) is 11.6 Å². The van der Waals surface area contributed by atoms with E-state index in [1.807, 2.05) is 0 Å². The van der Waals surface area contributed by atoms with Gasteiger partial charge < -0.3 is 9.47 Å². The lowest BCUT2D eigenvalue weighted by Gasteiger charge is -2.08. The first-order valence-corrected chi connectivity index (χ1v) is 5.44. The molecule has 2 aromatic rings. The van der Waals surface area contributed by atoms with Crippen LogP contribution in [0.25, 0.3) is 0 Å². The Balaban J connectivity index is 2.25. The van der Waals surface area contributed by atoms with Gasteiger partial charge in [-0.3, -0.25) is 0 Å². The molecule has 0 aliphatic rings. The lowest BCUT2D eigenvalue weighted by atomic mass is 10.3. The van der Waals surface area contributed by atoms with Gasteiger partial charge in [0.05, 0.1) is 12.1 Å². The highest BCUT2D eigenvalue weighted by molar-refractivity contribution is 6.30. The van der Waals surface area contributed by atoms with Gasteiger partial charge >= 0.3 is 0 Å². The highest BCUT2D eigenvalue weighted by Gasteiger charge is 2.08. The molecule has 2 rings (SSSR count). The summed E-state index contributed by atoms with van der Waals surface area (Å²) in [4.78, 5) is 0. The second-order valence-electron chi connectivity index (χ2n) is 3.47. The van der Waals surface area contributed by atoms with Crippen molar-refractivity contribution >= 4 is 11.6 Å². The van der Waals surface area contributed by atoms with E-state index in [1.54, 1.807) is 6.07 Å². The molecule has 94 valence electrons. The minimum atomic E-state index is -0.574. The van der Waals surface area contributed by atoms with Crippen molar-refractivity contribution in [3.05, 3.63) is 53.1 Å². The van der Waals surface area contributed by atoms with E-state index >= 15 is 0 Å². The quantitative estimate of drug-likeness (QED) is 0.822. The van der Waals surface area contributed by atoms with Gasteiger partial charge in [0.25, 0.3) is 0 Å². The van der Waals surface area contributed by atoms with Crippen LogP contribution in [0.2, 0.25) is 5.02 Å². The van der Waals surface area contributed by atoms with Crippen LogP contribution in [0.3, 0.4) is 0 Å². The molecule has 2 nitrogen and oxygen atoms in total. The first-order chi connectivity index (χ1) is 8.60. The molecule has 0 radical (unpaired) electrons. The SMILES string of the molecule is COc1ccc(Oc2ccc(F)c(Cl)c2)c(F)c1. The highest BCUT2D eigenvalue weighted by atomic mass is 35.5. The van der Waals surface area contributed by atoms with Crippen LogP contribution in [-0.4, -0.2) is 7.11 Å². The van der Waals surface area contributed by atoms with Crippen LogP contribution in [0.4, 0.5) is 8.78 Å². The summed E-state index contributed by atoms with van der Waals surface area (Å²) in [6.45, 7) is 0. The summed E-state index contributed by atoms with van der Waals surface area (Å²) >= 11 is 5.60. The lowest BCUT2D eigenvalue weighted by molar-refractivity contribution is 0.402. The van der Waals surface area contributed by atoms with Gasteiger partial charge in [-0.15, -0.1) is 0 Å². The number of halogens is 3. The lowest BCUT2D eigenvalue weighted by Crippen LogP contribution is -1.91. The van der Waals surface area contributed by atoms with E-state index in [0.717, 1.165) is 6.07 Å². The van der Waals surface area contributed by atoms with Crippen molar-refractivity contribution in [1.29, 1.82) is 0 Å². The summed E-state index contributed by atoms with van der Waals surface area (Å²) in [6, 6.07) is 7.97. The van der Waals surface area contributed by atoms with Crippen LogP contribution >= 0.6 is 11.6 Å². The molecule has 0 amide bonds. The van der Waals surface area contributed by atoms with E-state index in [-0.39, 0.29) is 16.5 Å². The molecule has 0 spiro atoms. The monoisotopic (exact) mass is 270 g/mol. The van der Waals surface area contributed by atoms with Crippen molar-refractivity contribution in [2.24, 2.45) is 0 Å². The van der Waals surface area contributed by atoms with Crippen LogP contribution in [0, 0.1) is 11.6 Å². The van der Waals surface area contributed by atoms with Crippen molar-refractivity contribution in [3.8, 4) is 17.2 Å². The molecule has 0 saturated carbocycles. The van der Waals surface area contributed by atoms with Crippen LogP contribution in [0.15, 0.2) is 36.4 Å². The average molecular weight is 271 g/mol. The summed E-state index contributed by atoms with van der Waals surface area (Å²) in [5, 5.41) is -0.0820. The van der Waals surface area contributed by atoms with Gasteiger partial charge in [0.1, 0.15) is 17.3 Å². The standard InChI is InChI=1S/C13H9ClF2O2/c1-17-8-3-5-13(12(16)7-8)18-9-2-4-11(15)10(14)6-9/h2-7H,1H3. The molecule has 0 aliphatic heterocycles. The van der Waals surface area contributed by atoms with Crippen LogP contribution in [0.5, 0.6) is 17.2 Å². The Kier molecular flexibility index (Phi) is 3.67. The Bertz CT molecular complexity index is 573. The third-order valence-corrected chi connectivity index (χ3v) is 2.55. The predicted molar refractivity (Wildman–Crippen MR) is 64.4 cm³/mol. The van der Waals surface area contributed by atoms with Gasteiger partial charge in [-0.2, -0.15) is 0 Å². The fraction of sp³-hybridized carbons (Fsp3) is 0.0769. The number of hydrogen-bond acceptors (Lipinski definition) is 2. The smallest absolute Gasteiger partial charge is 0.169 e. The fourth-order valence-corrected chi connectivity index (χ4v) is 1.53. The molecular weight excluding hydrogens is 262 g/mol. The highest BCUT2D eigenvalue weighted by Crippen LogP contribution is 2.29. The van der Waals surface area contributed by atoms with Gasteiger partial charge in [0, 0.05) is 12.1 Å². The zero-order valence-corrected chi connectivity index (χ0v) is 10.2. The molecule has 0 bridgehead atoms. The molecule has 0 atom stereocenters. The normalized spacial score (nSPS) is 10.2. The number of methoxy groups -OCH3 is 1. The number of benzene rings is 2. The number of rotatable bonds is 3. The first kappa shape index (κ1) is 12.6. The van der Waals surface area contributed by atoms with Crippen LogP contribution < -0.4 is 9.47 Å². The number of hydrogen-bond donors (Lipinski definition) is 0. The molecule has 5 heteroatoms. The molecule has 0 heterocycles. The minimum Gasteiger partial charge on any atom is -0.497 e. The maximum Gasteiger partial charge on any atom is 0.169 e. The van der Waals surface area contributed by atoms with Crippen molar-refractivity contribution in [1.82, 2.24) is 0 Å². The van der Waals surface area contributed by atoms with E-state index in [9.17, 15) is 8.78 Å². The Morgan fingerprint density at radius 1 is 0.944 bits per heavy atom. The van der Waals surface area contributed by atoms with Gasteiger partial charge in [-0.05, 0) is 24.3 Å². The third kappa shape index (κ3) is 2.71. The Morgan fingerprint density at radius 2 is 1.67 bits per heavy atom. The van der Waals surface area contributed by atoms with E-state index in [0.29, 0.717) is 5.75 Å². The topological polar surface area (TPSA) is 18.5 Å². The summed E-state index contributed by atoms with van der Waals surface area (Å²) in [6.07, 6.45) is 0. The molecule has 2 aromatic carbocycles. The Morgan fingerprint density at radius 3 is 2.28 bits per heavy atom. The number of ether oxygens (including phenoxy) is 2. The first-order valence-electron chi connectivity index (χ1n) is 5.06. The molecular formula is C13H9ClF2O2. The van der Waals surface area contributed by atoms with Crippen LogP contribution in [-0.2, 0) is 0 Å². The Hall–Kier alpha value is -1.81. The van der Waals surface area contributed by atoms with E-state index in [2.05, 4.69) is 0 Å². The second kappa shape index (κ2) is 5.23. The van der Waals surface area contributed by atoms with Crippen molar-refractivity contribution in [2.45, 2.75) is 0 Å². The largest absolute Gasteiger partial charge is 0.497 e. The zero-order valence-electron chi connectivity index (χ0n) is 9.41. The second-order valence-corrected chi connectivity index (χ2v) is 3.88. The molecule has 0 saturated heterocycles. The van der Waals surface area contributed by atoms with Crippen molar-refractivity contribution < 1.29 is 18.3 Å². The van der Waals surface area contributed by atoms with E-state index < -0.39 is 11.6 Å². The summed E-state index contributed by atoms with van der Waals surface area (Å²) in [5.41, 5.74) is 0. The molecule has 0 unspecified atom stereocenters. The van der Waals surface area contributed by atoms with Gasteiger partial charge in [-0.25, -0.2) is 8.78 Å². The minimum absolute atomic E-state index is 0.0125. The molecule has 0 aliphatic carbocycles. The fourth-order valence-electron chi connectivity index (χ4n) is 1.36. The molecule has 0 N–H and O–H groups in total. The summed E-state index contributed by atoms with van der Waals surface area (Å²) in [7, 11) is 1.44.